The van der Waals surface area contributed by atoms with Gasteiger partial charge in [-0.15, -0.1) is 0 Å². The number of hydrogen-bond donors (Lipinski definition) is 0. The molecule has 1 spiro atoms. The Morgan fingerprint density at radius 1 is 0.949 bits per heavy atom. The number of aromatic nitrogens is 1. The second-order valence-electron chi connectivity index (χ2n) is 11.5. The van der Waals surface area contributed by atoms with Gasteiger partial charge in [0.15, 0.2) is 0 Å². The Kier molecular flexibility index (Phi) is 7.73. The molecule has 6 rings (SSSR count). The summed E-state index contributed by atoms with van der Waals surface area (Å²) in [4.78, 5) is 38.4. The summed E-state index contributed by atoms with van der Waals surface area (Å²) in [7, 11) is 0. The monoisotopic (exact) mass is 532 g/mol. The maximum absolute atomic E-state index is 14.2. The van der Waals surface area contributed by atoms with Gasteiger partial charge in [0.2, 0.25) is 5.91 Å². The van der Waals surface area contributed by atoms with Crippen molar-refractivity contribution in [1.29, 1.82) is 0 Å². The molecule has 8 heteroatoms. The van der Waals surface area contributed by atoms with Gasteiger partial charge in [-0.2, -0.15) is 0 Å². The summed E-state index contributed by atoms with van der Waals surface area (Å²) in [5, 5.41) is 0. The molecule has 2 aromatic rings. The van der Waals surface area contributed by atoms with Crippen LogP contribution >= 0.6 is 0 Å². The highest BCUT2D eigenvalue weighted by Crippen LogP contribution is 2.41. The van der Waals surface area contributed by atoms with Crippen LogP contribution in [0.15, 0.2) is 42.6 Å². The highest BCUT2D eigenvalue weighted by atomic mass is 16.5. The Morgan fingerprint density at radius 2 is 1.77 bits per heavy atom. The zero-order chi connectivity index (χ0) is 26.7. The van der Waals surface area contributed by atoms with Crippen molar-refractivity contribution in [1.82, 2.24) is 14.8 Å². The molecule has 0 N–H and O–H groups in total. The number of anilines is 1. The van der Waals surface area contributed by atoms with E-state index in [2.05, 4.69) is 33.0 Å². The summed E-state index contributed by atoms with van der Waals surface area (Å²) in [5.74, 6) is 2.11. The van der Waals surface area contributed by atoms with Crippen LogP contribution < -0.4 is 9.64 Å². The van der Waals surface area contributed by atoms with E-state index in [9.17, 15) is 9.59 Å². The minimum atomic E-state index is -0.394. The summed E-state index contributed by atoms with van der Waals surface area (Å²) in [6.07, 6.45) is 9.07. The number of aryl methyl sites for hydroxylation is 1. The number of carbonyl (C=O) groups excluding carboxylic acids is 2. The van der Waals surface area contributed by atoms with Crippen molar-refractivity contribution in [2.24, 2.45) is 5.41 Å². The second-order valence-corrected chi connectivity index (χ2v) is 11.5. The van der Waals surface area contributed by atoms with Crippen LogP contribution in [0.5, 0.6) is 5.75 Å². The molecule has 0 unspecified atom stereocenters. The van der Waals surface area contributed by atoms with Crippen LogP contribution in [0.1, 0.15) is 60.9 Å². The van der Waals surface area contributed by atoms with Crippen LogP contribution in [-0.2, 0) is 16.0 Å². The number of ether oxygens (including phenoxy) is 2. The number of carbonyl (C=O) groups is 2. The van der Waals surface area contributed by atoms with E-state index in [4.69, 9.17) is 9.47 Å². The molecular formula is C31H40N4O4. The van der Waals surface area contributed by atoms with E-state index >= 15 is 0 Å². The molecule has 1 atom stereocenters. The lowest BCUT2D eigenvalue weighted by Gasteiger charge is -2.44. The molecule has 8 nitrogen and oxygen atoms in total. The van der Waals surface area contributed by atoms with E-state index in [-0.39, 0.29) is 17.9 Å². The Balaban J connectivity index is 1.16. The Hall–Kier alpha value is -3.13. The lowest BCUT2D eigenvalue weighted by Crippen LogP contribution is -2.53. The summed E-state index contributed by atoms with van der Waals surface area (Å²) in [6.45, 7) is 5.50. The topological polar surface area (TPSA) is 75.2 Å². The fourth-order valence-electron chi connectivity index (χ4n) is 6.80. The number of para-hydroxylation sites is 1. The third kappa shape index (κ3) is 5.49. The standard InChI is InChI=1S/C31H40N4O4/c36-29(25-10-14-32-28(22-25)33-18-20-38-21-19-33)34-16-12-31(13-17-34)11-4-3-7-24-6-1-2-9-27(24)39-23-26-8-5-15-35(26)30(31)37/h1-2,6,9-10,14,22,26H,3-5,7-8,11-13,15-21,23H2/t26-/m0/s1. The number of fused-ring (bicyclic) bond motifs is 2. The molecular weight excluding hydrogens is 492 g/mol. The van der Waals surface area contributed by atoms with Crippen molar-refractivity contribution in [3.05, 3.63) is 53.7 Å². The SMILES string of the molecule is O=C(c1ccnc(N2CCOCC2)c1)N1CCC2(CCCCc3ccccc3OC[C@@H]3CCCN3C2=O)CC1. The van der Waals surface area contributed by atoms with Crippen LogP contribution in [-0.4, -0.2) is 85.2 Å². The molecule has 0 bridgehead atoms. The van der Waals surface area contributed by atoms with Crippen molar-refractivity contribution in [3.63, 3.8) is 0 Å². The first-order valence-electron chi connectivity index (χ1n) is 14.7. The fraction of sp³-hybridized carbons (Fsp3) is 0.581. The van der Waals surface area contributed by atoms with Gasteiger partial charge < -0.3 is 24.2 Å². The number of benzene rings is 1. The van der Waals surface area contributed by atoms with Crippen LogP contribution in [0.2, 0.25) is 0 Å². The molecule has 0 radical (unpaired) electrons. The molecule has 208 valence electrons. The van der Waals surface area contributed by atoms with Crippen LogP contribution in [0.4, 0.5) is 5.82 Å². The zero-order valence-corrected chi connectivity index (χ0v) is 22.9. The van der Waals surface area contributed by atoms with E-state index in [0.29, 0.717) is 38.5 Å². The van der Waals surface area contributed by atoms with Crippen LogP contribution in [0.25, 0.3) is 0 Å². The van der Waals surface area contributed by atoms with Crippen molar-refractivity contribution < 1.29 is 19.1 Å². The average molecular weight is 533 g/mol. The lowest BCUT2D eigenvalue weighted by atomic mass is 9.72. The van der Waals surface area contributed by atoms with E-state index in [0.717, 1.165) is 82.6 Å². The fourth-order valence-corrected chi connectivity index (χ4v) is 6.80. The normalized spacial score (nSPS) is 23.8. The number of nitrogens with zero attached hydrogens (tertiary/aromatic N) is 4. The smallest absolute Gasteiger partial charge is 0.254 e. The quantitative estimate of drug-likeness (QED) is 0.584. The maximum Gasteiger partial charge on any atom is 0.254 e. The largest absolute Gasteiger partial charge is 0.491 e. The number of hydrogen-bond acceptors (Lipinski definition) is 6. The number of morpholine rings is 1. The molecule has 0 aliphatic carbocycles. The summed E-state index contributed by atoms with van der Waals surface area (Å²) >= 11 is 0. The van der Waals surface area contributed by atoms with Gasteiger partial charge in [-0.3, -0.25) is 9.59 Å². The van der Waals surface area contributed by atoms with Crippen LogP contribution in [0, 0.1) is 5.41 Å². The number of likely N-dealkylation sites (tertiary alicyclic amines) is 1. The van der Waals surface area contributed by atoms with E-state index in [1.165, 1.54) is 5.56 Å². The molecule has 0 saturated carbocycles. The van der Waals surface area contributed by atoms with E-state index in [1.54, 1.807) is 6.20 Å². The van der Waals surface area contributed by atoms with E-state index < -0.39 is 5.41 Å². The zero-order valence-electron chi connectivity index (χ0n) is 22.9. The molecule has 2 amide bonds. The second kappa shape index (κ2) is 11.5. The first-order chi connectivity index (χ1) is 19.1. The Morgan fingerprint density at radius 3 is 2.62 bits per heavy atom. The highest BCUT2D eigenvalue weighted by Gasteiger charge is 2.46. The predicted molar refractivity (Wildman–Crippen MR) is 149 cm³/mol. The van der Waals surface area contributed by atoms with Crippen LogP contribution in [0.3, 0.4) is 0 Å². The Bertz CT molecular complexity index is 1170. The number of piperidine rings is 1. The van der Waals surface area contributed by atoms with E-state index in [1.807, 2.05) is 23.1 Å². The third-order valence-electron chi connectivity index (χ3n) is 9.18. The van der Waals surface area contributed by atoms with Gasteiger partial charge in [0.25, 0.3) is 5.91 Å². The number of pyridine rings is 1. The lowest BCUT2D eigenvalue weighted by molar-refractivity contribution is -0.147. The summed E-state index contributed by atoms with van der Waals surface area (Å²) < 4.78 is 11.7. The maximum atomic E-state index is 14.2. The summed E-state index contributed by atoms with van der Waals surface area (Å²) in [5.41, 5.74) is 1.54. The molecule has 4 aliphatic heterocycles. The van der Waals surface area contributed by atoms with Gasteiger partial charge in [0, 0.05) is 44.5 Å². The minimum absolute atomic E-state index is 0.0337. The average Bonchev–Trinajstić information content (AvgIpc) is 3.47. The van der Waals surface area contributed by atoms with Gasteiger partial charge in [-0.05, 0) is 68.7 Å². The van der Waals surface area contributed by atoms with Crippen molar-refractivity contribution in [3.8, 4) is 5.75 Å². The Labute approximate surface area is 231 Å². The first-order valence-corrected chi connectivity index (χ1v) is 14.7. The van der Waals surface area contributed by atoms with Gasteiger partial charge in [-0.25, -0.2) is 4.98 Å². The van der Waals surface area contributed by atoms with Crippen molar-refractivity contribution in [2.75, 3.05) is 57.4 Å². The van der Waals surface area contributed by atoms with Gasteiger partial charge in [0.05, 0.1) is 24.7 Å². The minimum Gasteiger partial charge on any atom is -0.491 e. The molecule has 3 saturated heterocycles. The molecule has 39 heavy (non-hydrogen) atoms. The predicted octanol–water partition coefficient (Wildman–Crippen LogP) is 3.94. The first kappa shape index (κ1) is 26.1. The van der Waals surface area contributed by atoms with Gasteiger partial charge in [-0.1, -0.05) is 24.6 Å². The third-order valence-corrected chi connectivity index (χ3v) is 9.18. The molecule has 4 aliphatic rings. The van der Waals surface area contributed by atoms with Gasteiger partial charge >= 0.3 is 0 Å². The van der Waals surface area contributed by atoms with Gasteiger partial charge in [0.1, 0.15) is 18.2 Å². The van der Waals surface area contributed by atoms with Crippen molar-refractivity contribution in [2.45, 2.75) is 57.4 Å². The number of rotatable bonds is 2. The van der Waals surface area contributed by atoms with Crippen molar-refractivity contribution >= 4 is 17.6 Å². The summed E-state index contributed by atoms with van der Waals surface area (Å²) in [6, 6.07) is 12.2. The molecule has 1 aromatic carbocycles. The molecule has 5 heterocycles. The molecule has 1 aromatic heterocycles. The molecule has 3 fully saturated rings. The highest BCUT2D eigenvalue weighted by molar-refractivity contribution is 5.95. The number of amides is 2.